The van der Waals surface area contributed by atoms with Crippen molar-refractivity contribution in [3.8, 4) is 0 Å². The van der Waals surface area contributed by atoms with Gasteiger partial charge in [-0.15, -0.1) is 11.8 Å². The Hall–Kier alpha value is 1.14. The summed E-state index contributed by atoms with van der Waals surface area (Å²) in [6.45, 7) is 2.34. The summed E-state index contributed by atoms with van der Waals surface area (Å²) < 4.78 is 0. The summed E-state index contributed by atoms with van der Waals surface area (Å²) in [5.74, 6) is 1.66. The van der Waals surface area contributed by atoms with E-state index in [0.717, 1.165) is 21.4 Å². The van der Waals surface area contributed by atoms with E-state index in [1.54, 1.807) is 5.92 Å². The number of nitrogens with one attached hydrogen (secondary N) is 1. The van der Waals surface area contributed by atoms with Crippen LogP contribution in [0.3, 0.4) is 0 Å². The Balaban J connectivity index is 1.71. The third kappa shape index (κ3) is 2.70. The minimum atomic E-state index is 0.682. The average molecular weight is 382 g/mol. The fourth-order valence-corrected chi connectivity index (χ4v) is 7.61. The lowest BCUT2D eigenvalue weighted by atomic mass is 9.83. The van der Waals surface area contributed by atoms with E-state index in [-0.39, 0.29) is 0 Å². The normalized spacial score (nSPS) is 50.6. The highest BCUT2D eigenvalue weighted by Crippen LogP contribution is 2.46. The maximum atomic E-state index is 3.95. The Morgan fingerprint density at radius 2 is 1.88 bits per heavy atom. The molecule has 0 radical (unpaired) electrons. The highest BCUT2D eigenvalue weighted by molar-refractivity contribution is 9.09. The summed E-state index contributed by atoms with van der Waals surface area (Å²) >= 11 is 9.89. The van der Waals surface area contributed by atoms with Gasteiger partial charge in [-0.25, -0.2) is 0 Å². The van der Waals surface area contributed by atoms with Gasteiger partial charge in [0.2, 0.25) is 0 Å². The lowest BCUT2D eigenvalue weighted by Crippen LogP contribution is -2.59. The fourth-order valence-electron chi connectivity index (χ4n) is 3.53. The molecule has 3 rings (SSSR count). The molecule has 1 aliphatic heterocycles. The molecule has 1 N–H and O–H groups in total. The van der Waals surface area contributed by atoms with Crippen molar-refractivity contribution in [1.29, 1.82) is 0 Å². The van der Waals surface area contributed by atoms with Gasteiger partial charge in [0.05, 0.1) is 17.0 Å². The second kappa shape index (κ2) is 5.26. The quantitative estimate of drug-likeness (QED) is 0.504. The summed E-state index contributed by atoms with van der Waals surface area (Å²) in [6, 6.07) is 1.44. The molecule has 0 bridgehead atoms. The molecule has 0 aromatic carbocycles. The van der Waals surface area contributed by atoms with Crippen LogP contribution in [0.5, 0.6) is 0 Å². The van der Waals surface area contributed by atoms with E-state index in [9.17, 15) is 0 Å². The molecule has 2 aliphatic carbocycles. The molecule has 6 atom stereocenters. The largest absolute Gasteiger partial charge is 0.272 e. The Bertz CT molecular complexity index is 289. The van der Waals surface area contributed by atoms with Crippen LogP contribution in [0.15, 0.2) is 0 Å². The number of halogens is 2. The molecule has 3 fully saturated rings. The molecule has 0 spiro atoms. The Morgan fingerprint density at radius 3 is 2.71 bits per heavy atom. The first-order valence-corrected chi connectivity index (χ1v) is 9.43. The molecule has 2 saturated carbocycles. The van der Waals surface area contributed by atoms with Gasteiger partial charge >= 0.3 is 0 Å². The molecule has 1 saturated heterocycles. The molecule has 17 heavy (non-hydrogen) atoms. The van der Waals surface area contributed by atoms with E-state index in [1.165, 1.54) is 32.1 Å². The summed E-state index contributed by atoms with van der Waals surface area (Å²) in [4.78, 5) is 1.46. The van der Waals surface area contributed by atoms with Crippen molar-refractivity contribution in [2.45, 2.75) is 71.3 Å². The first-order valence-electron chi connectivity index (χ1n) is 6.65. The van der Waals surface area contributed by atoms with Crippen molar-refractivity contribution >= 4 is 43.6 Å². The van der Waals surface area contributed by atoms with Gasteiger partial charge in [0, 0.05) is 16.1 Å². The third-order valence-corrected chi connectivity index (χ3v) is 7.62. The van der Waals surface area contributed by atoms with Crippen LogP contribution in [0.25, 0.3) is 0 Å². The van der Waals surface area contributed by atoms with Crippen LogP contribution >= 0.6 is 43.6 Å². The van der Waals surface area contributed by atoms with Crippen LogP contribution in [-0.2, 0) is 0 Å². The van der Waals surface area contributed by atoms with Gasteiger partial charge in [-0.3, -0.25) is 5.32 Å². The molecular formula is C13H20Br2NS+. The Labute approximate surface area is 126 Å². The van der Waals surface area contributed by atoms with Gasteiger partial charge in [0.15, 0.2) is 6.04 Å². The van der Waals surface area contributed by atoms with Crippen LogP contribution < -0.4 is 5.32 Å². The van der Waals surface area contributed by atoms with Gasteiger partial charge < -0.3 is 0 Å². The summed E-state index contributed by atoms with van der Waals surface area (Å²) in [7, 11) is 0. The molecule has 6 unspecified atom stereocenters. The van der Waals surface area contributed by atoms with Crippen molar-refractivity contribution in [3.05, 3.63) is 5.92 Å². The molecule has 0 aromatic heterocycles. The third-order valence-electron chi connectivity index (χ3n) is 4.41. The summed E-state index contributed by atoms with van der Waals surface area (Å²) in [5.41, 5.74) is 0. The first-order chi connectivity index (χ1) is 8.13. The molecule has 4 heteroatoms. The van der Waals surface area contributed by atoms with Crippen LogP contribution in [0, 0.1) is 5.92 Å². The SMILES string of the molecule is C[C+]1CC(Br)CC2SC3CC(Br)CCC3NC12. The molecule has 3 aliphatic rings. The highest BCUT2D eigenvalue weighted by atomic mass is 79.9. The number of hydrogen-bond acceptors (Lipinski definition) is 2. The van der Waals surface area contributed by atoms with E-state index in [4.69, 9.17) is 0 Å². The number of rotatable bonds is 0. The van der Waals surface area contributed by atoms with E-state index >= 15 is 0 Å². The number of fused-ring (bicyclic) bond motifs is 2. The van der Waals surface area contributed by atoms with Crippen molar-refractivity contribution < 1.29 is 0 Å². The second-order valence-corrected chi connectivity index (χ2v) is 9.83. The topological polar surface area (TPSA) is 12.0 Å². The van der Waals surface area contributed by atoms with Crippen LogP contribution in [0.2, 0.25) is 0 Å². The van der Waals surface area contributed by atoms with E-state index in [0.29, 0.717) is 10.9 Å². The number of alkyl halides is 2. The van der Waals surface area contributed by atoms with Gasteiger partial charge in [0.25, 0.3) is 0 Å². The van der Waals surface area contributed by atoms with Crippen molar-refractivity contribution in [2.75, 3.05) is 0 Å². The molecule has 0 amide bonds. The molecule has 96 valence electrons. The van der Waals surface area contributed by atoms with Crippen LogP contribution in [-0.4, -0.2) is 32.2 Å². The fraction of sp³-hybridized carbons (Fsp3) is 0.923. The molecule has 1 nitrogen and oxygen atoms in total. The van der Waals surface area contributed by atoms with E-state index < -0.39 is 0 Å². The lowest BCUT2D eigenvalue weighted by Gasteiger charge is -2.46. The van der Waals surface area contributed by atoms with Gasteiger partial charge in [0.1, 0.15) is 12.3 Å². The predicted octanol–water partition coefficient (Wildman–Crippen LogP) is 3.90. The van der Waals surface area contributed by atoms with Crippen molar-refractivity contribution in [2.24, 2.45) is 0 Å². The van der Waals surface area contributed by atoms with Crippen molar-refractivity contribution in [3.63, 3.8) is 0 Å². The van der Waals surface area contributed by atoms with E-state index in [1.807, 2.05) is 0 Å². The zero-order chi connectivity index (χ0) is 12.0. The Morgan fingerprint density at radius 1 is 1.12 bits per heavy atom. The zero-order valence-corrected chi connectivity index (χ0v) is 14.2. The monoisotopic (exact) mass is 380 g/mol. The average Bonchev–Trinajstić information content (AvgIpc) is 2.26. The van der Waals surface area contributed by atoms with Crippen LogP contribution in [0.4, 0.5) is 0 Å². The minimum absolute atomic E-state index is 0.682. The standard InChI is InChI=1S/C13H20Br2NS/c1-7-4-9(15)6-12-13(7)16-10-3-2-8(14)5-11(10)17-12/h8-13,16H,2-6H2,1H3/q+1. The van der Waals surface area contributed by atoms with Crippen LogP contribution in [0.1, 0.15) is 39.0 Å². The summed E-state index contributed by atoms with van der Waals surface area (Å²) in [6.07, 6.45) is 6.62. The number of hydrogen-bond donors (Lipinski definition) is 1. The summed E-state index contributed by atoms with van der Waals surface area (Å²) in [5, 5.41) is 5.58. The van der Waals surface area contributed by atoms with Crippen molar-refractivity contribution in [1.82, 2.24) is 5.32 Å². The van der Waals surface area contributed by atoms with Gasteiger partial charge in [-0.05, 0) is 25.7 Å². The van der Waals surface area contributed by atoms with Gasteiger partial charge in [-0.2, -0.15) is 0 Å². The van der Waals surface area contributed by atoms with E-state index in [2.05, 4.69) is 55.9 Å². The zero-order valence-electron chi connectivity index (χ0n) is 10.2. The minimum Gasteiger partial charge on any atom is -0.272 e. The first kappa shape index (κ1) is 13.1. The highest BCUT2D eigenvalue weighted by Gasteiger charge is 2.50. The predicted molar refractivity (Wildman–Crippen MR) is 83.3 cm³/mol. The molecular weight excluding hydrogens is 362 g/mol. The van der Waals surface area contributed by atoms with Gasteiger partial charge in [-0.1, -0.05) is 31.9 Å². The molecule has 0 aromatic rings. The Kier molecular flexibility index (Phi) is 4.06. The molecule has 1 heterocycles. The maximum Gasteiger partial charge on any atom is 0.163 e. The second-order valence-electron chi connectivity index (χ2n) is 5.76. The number of thioether (sulfide) groups is 1. The smallest absolute Gasteiger partial charge is 0.163 e. The lowest BCUT2D eigenvalue weighted by molar-refractivity contribution is 0.308. The maximum absolute atomic E-state index is 3.95.